The van der Waals surface area contributed by atoms with Crippen molar-refractivity contribution < 1.29 is 67.0 Å². The second kappa shape index (κ2) is 8.76. The maximum absolute atomic E-state index is 10.2. The zero-order valence-corrected chi connectivity index (χ0v) is 15.2. The van der Waals surface area contributed by atoms with Gasteiger partial charge in [0.05, 0.1) is 12.9 Å². The van der Waals surface area contributed by atoms with Crippen LogP contribution in [0.15, 0.2) is 12.7 Å². The molecule has 2 aromatic heterocycles. The molecular weight excluding hydrogens is 363 g/mol. The van der Waals surface area contributed by atoms with Crippen molar-refractivity contribution in [3.8, 4) is 0 Å². The molecule has 2 aromatic rings. The number of imidazole rings is 1. The first-order chi connectivity index (χ1) is 10.8. The molecule has 126 valence electrons. The molecule has 3 heterocycles. The smallest absolute Gasteiger partial charge is 0.387 e. The van der Waals surface area contributed by atoms with E-state index in [0.29, 0.717) is 11.2 Å². The van der Waals surface area contributed by atoms with Gasteiger partial charge in [0, 0.05) is 0 Å². The Hall–Kier alpha value is -0.0452. The molecule has 1 fully saturated rings. The molecule has 0 bridgehead atoms. The van der Waals surface area contributed by atoms with Crippen LogP contribution in [0.25, 0.3) is 11.2 Å². The Morgan fingerprint density at radius 1 is 1.24 bits per heavy atom. The average Bonchev–Trinajstić information content (AvgIpc) is 3.01. The molecule has 0 amide bonds. The van der Waals surface area contributed by atoms with Crippen LogP contribution in [0.4, 0.5) is 5.82 Å². The second-order valence-corrected chi connectivity index (χ2v) is 7.58. The Kier molecular flexibility index (Phi) is 8.06. The first kappa shape index (κ1) is 23.0. The van der Waals surface area contributed by atoms with Gasteiger partial charge in [0.2, 0.25) is 0 Å². The minimum Gasteiger partial charge on any atom is -0.387 e. The van der Waals surface area contributed by atoms with E-state index < -0.39 is 31.3 Å². The van der Waals surface area contributed by atoms with E-state index in [1.54, 1.807) is 0 Å². The summed E-state index contributed by atoms with van der Waals surface area (Å²) >= 11 is 4.33. The summed E-state index contributed by atoms with van der Waals surface area (Å²) < 4.78 is 11.6. The normalized spacial score (nSPS) is 26.2. The molecule has 0 saturated carbocycles. The first-order valence-corrected chi connectivity index (χ1v) is 9.05. The number of nitrogens with zero attached hydrogens (tertiary/aromatic N) is 4. The fourth-order valence-corrected chi connectivity index (χ4v) is 2.85. The largest absolute Gasteiger partial charge is 1.00 e. The van der Waals surface area contributed by atoms with E-state index in [1.807, 2.05) is 0 Å². The second-order valence-electron chi connectivity index (χ2n) is 4.92. The van der Waals surface area contributed by atoms with Crippen LogP contribution >= 0.6 is 6.72 Å². The molecule has 4 atom stereocenters. The Bertz CT molecular complexity index is 777. The quantitative estimate of drug-likeness (QED) is 0.253. The summed E-state index contributed by atoms with van der Waals surface area (Å²) in [6.07, 6.45) is -2.06. The van der Waals surface area contributed by atoms with E-state index in [2.05, 4.69) is 31.3 Å². The van der Waals surface area contributed by atoms with E-state index >= 15 is 0 Å². The van der Waals surface area contributed by atoms with Gasteiger partial charge in [-0.3, -0.25) is 4.57 Å². The van der Waals surface area contributed by atoms with Crippen molar-refractivity contribution in [2.24, 2.45) is 0 Å². The van der Waals surface area contributed by atoms with Crippen LogP contribution in [0, 0.1) is 0 Å². The molecule has 0 spiro atoms. The zero-order valence-electron chi connectivity index (χ0n) is 13.5. The van der Waals surface area contributed by atoms with Gasteiger partial charge in [-0.25, -0.2) is 15.0 Å². The van der Waals surface area contributed by atoms with Crippen molar-refractivity contribution in [3.05, 3.63) is 12.7 Å². The summed E-state index contributed by atoms with van der Waals surface area (Å²) in [7, 11) is 0. The molecule has 0 aromatic carbocycles. The minimum absolute atomic E-state index is 0. The number of nitrogens with two attached hydrogens (primary N) is 1. The molecule has 1 aliphatic heterocycles. The predicted molar refractivity (Wildman–Crippen MR) is 80.3 cm³/mol. The number of rotatable bonds is 4. The molecular formula is C10H14Li2N5O6PS+2. The van der Waals surface area contributed by atoms with Crippen LogP contribution in [0.5, 0.6) is 0 Å². The Morgan fingerprint density at radius 3 is 2.56 bits per heavy atom. The van der Waals surface area contributed by atoms with E-state index in [9.17, 15) is 10.2 Å². The van der Waals surface area contributed by atoms with Gasteiger partial charge in [0.25, 0.3) is 0 Å². The SMILES string of the molecule is Nc1ncnc2c1ncn2[C@@H]1O[C@H](COP(O)(O)=S)[C@@H](O)[C@H]1O.[Li+].[Li+]. The van der Waals surface area contributed by atoms with Crippen molar-refractivity contribution in [2.75, 3.05) is 12.3 Å². The number of aliphatic hydroxyl groups excluding tert-OH is 2. The van der Waals surface area contributed by atoms with E-state index in [4.69, 9.17) is 20.3 Å². The molecule has 25 heavy (non-hydrogen) atoms. The molecule has 0 unspecified atom stereocenters. The van der Waals surface area contributed by atoms with Gasteiger partial charge in [-0.15, -0.1) is 0 Å². The van der Waals surface area contributed by atoms with Gasteiger partial charge in [-0.1, -0.05) is 0 Å². The average molecular weight is 377 g/mol. The maximum atomic E-state index is 10.2. The molecule has 0 radical (unpaired) electrons. The standard InChI is InChI=1S/C10H14N5O6PS.2Li/c11-8-5-9(13-2-12-8)15(3-14-5)10-7(17)6(16)4(21-10)1-20-22(18,19)23;;/h2-4,6-7,10,16-17H,1H2,(H2,11,12,13)(H2,18,19,23);;/q;2*+1/t4-,6-,7-,10-;;/m1../s1. The Morgan fingerprint density at radius 2 is 1.92 bits per heavy atom. The van der Waals surface area contributed by atoms with Gasteiger partial charge >= 0.3 is 44.4 Å². The van der Waals surface area contributed by atoms with Gasteiger partial charge in [-0.05, 0) is 11.8 Å². The van der Waals surface area contributed by atoms with Crippen LogP contribution in [0.2, 0.25) is 0 Å². The van der Waals surface area contributed by atoms with Gasteiger partial charge < -0.3 is 35.0 Å². The number of ether oxygens (including phenoxy) is 1. The van der Waals surface area contributed by atoms with Crippen molar-refractivity contribution in [2.45, 2.75) is 24.5 Å². The number of fused-ring (bicyclic) bond motifs is 1. The summed E-state index contributed by atoms with van der Waals surface area (Å²) in [4.78, 5) is 30.0. The van der Waals surface area contributed by atoms with Crippen molar-refractivity contribution >= 4 is 35.5 Å². The number of hydrogen-bond donors (Lipinski definition) is 5. The Labute approximate surface area is 171 Å². The molecule has 11 nitrogen and oxygen atoms in total. The fourth-order valence-electron chi connectivity index (χ4n) is 2.32. The van der Waals surface area contributed by atoms with Crippen molar-refractivity contribution in [1.82, 2.24) is 19.5 Å². The van der Waals surface area contributed by atoms with E-state index in [1.165, 1.54) is 17.2 Å². The van der Waals surface area contributed by atoms with Gasteiger partial charge in [0.15, 0.2) is 17.7 Å². The Balaban J connectivity index is 0.00000156. The number of aliphatic hydroxyl groups is 2. The van der Waals surface area contributed by atoms with Crippen LogP contribution in [0.3, 0.4) is 0 Å². The maximum Gasteiger partial charge on any atom is 1.00 e. The summed E-state index contributed by atoms with van der Waals surface area (Å²) in [6.45, 7) is -4.27. The molecule has 0 aliphatic carbocycles. The van der Waals surface area contributed by atoms with Crippen LogP contribution < -0.4 is 43.5 Å². The third-order valence-electron chi connectivity index (χ3n) is 3.41. The van der Waals surface area contributed by atoms with Crippen LogP contribution in [-0.4, -0.2) is 64.4 Å². The van der Waals surface area contributed by atoms with Crippen LogP contribution in [-0.2, 0) is 21.1 Å². The third-order valence-corrected chi connectivity index (χ3v) is 4.21. The topological polar surface area (TPSA) is 169 Å². The number of anilines is 1. The van der Waals surface area contributed by atoms with Crippen molar-refractivity contribution in [1.29, 1.82) is 0 Å². The minimum atomic E-state index is -3.89. The summed E-state index contributed by atoms with van der Waals surface area (Å²) in [5, 5.41) is 20.2. The fraction of sp³-hybridized carbons (Fsp3) is 0.500. The van der Waals surface area contributed by atoms with Crippen molar-refractivity contribution in [3.63, 3.8) is 0 Å². The number of aromatic nitrogens is 4. The summed E-state index contributed by atoms with van der Waals surface area (Å²) in [5.41, 5.74) is 6.35. The molecule has 1 aliphatic rings. The predicted octanol–water partition coefficient (Wildman–Crippen LogP) is -7.74. The molecule has 6 N–H and O–H groups in total. The molecule has 3 rings (SSSR count). The van der Waals surface area contributed by atoms with Gasteiger partial charge in [-0.2, -0.15) is 0 Å². The number of hydrogen-bond acceptors (Lipinski definition) is 9. The first-order valence-electron chi connectivity index (χ1n) is 6.42. The summed E-state index contributed by atoms with van der Waals surface area (Å²) in [5.74, 6) is 0.169. The summed E-state index contributed by atoms with van der Waals surface area (Å²) in [6, 6.07) is 0. The molecule has 1 saturated heterocycles. The van der Waals surface area contributed by atoms with Crippen LogP contribution in [0.1, 0.15) is 6.23 Å². The van der Waals surface area contributed by atoms with E-state index in [0.717, 1.165) is 0 Å². The van der Waals surface area contributed by atoms with Gasteiger partial charge in [0.1, 0.15) is 30.2 Å². The molecule has 15 heteroatoms. The number of nitrogen functional groups attached to an aromatic ring is 1. The third kappa shape index (κ3) is 4.82. The zero-order chi connectivity index (χ0) is 16.8. The van der Waals surface area contributed by atoms with E-state index in [-0.39, 0.29) is 50.1 Å². The monoisotopic (exact) mass is 377 g/mol.